The third-order valence-electron chi connectivity index (χ3n) is 9.77. The smallest absolute Gasteiger partial charge is 0.169 e. The fraction of sp³-hybridized carbons (Fsp3) is 0.0500. The first-order chi connectivity index (χ1) is 21.2. The van der Waals surface area contributed by atoms with Gasteiger partial charge in [-0.2, -0.15) is 0 Å². The Morgan fingerprint density at radius 2 is 1.07 bits per heavy atom. The van der Waals surface area contributed by atoms with Crippen LogP contribution in [0.4, 0.5) is 0 Å². The molecular formula is C40H25N3. The molecule has 0 unspecified atom stereocenters. The number of benzene rings is 6. The van der Waals surface area contributed by atoms with Gasteiger partial charge in [-0.1, -0.05) is 121 Å². The van der Waals surface area contributed by atoms with E-state index in [0.717, 1.165) is 27.9 Å². The first-order valence-corrected chi connectivity index (χ1v) is 14.9. The van der Waals surface area contributed by atoms with E-state index in [2.05, 4.69) is 145 Å². The zero-order valence-electron chi connectivity index (χ0n) is 23.5. The average Bonchev–Trinajstić information content (AvgIpc) is 3.72. The van der Waals surface area contributed by atoms with Crippen LogP contribution in [0.15, 0.2) is 133 Å². The number of nitrogens with zero attached hydrogens (tertiary/aromatic N) is 3. The number of aromatic nitrogens is 3. The van der Waals surface area contributed by atoms with Crippen LogP contribution in [0.2, 0.25) is 0 Å². The van der Waals surface area contributed by atoms with Crippen LogP contribution in [0.5, 0.6) is 0 Å². The lowest BCUT2D eigenvalue weighted by Crippen LogP contribution is -2.25. The van der Waals surface area contributed by atoms with Crippen molar-refractivity contribution in [2.24, 2.45) is 0 Å². The van der Waals surface area contributed by atoms with Crippen LogP contribution in [0, 0.1) is 6.92 Å². The van der Waals surface area contributed by atoms with E-state index in [4.69, 9.17) is 10.2 Å². The maximum atomic E-state index is 4.88. The quantitative estimate of drug-likeness (QED) is 0.192. The van der Waals surface area contributed by atoms with Gasteiger partial charge in [-0.3, -0.25) is 4.40 Å². The van der Waals surface area contributed by atoms with Crippen molar-refractivity contribution >= 4 is 27.3 Å². The molecule has 0 fully saturated rings. The molecule has 0 saturated carbocycles. The highest BCUT2D eigenvalue weighted by Gasteiger charge is 2.51. The van der Waals surface area contributed by atoms with Gasteiger partial charge in [-0.15, -0.1) is 10.2 Å². The molecule has 0 saturated heterocycles. The number of fused-ring (bicyclic) bond motifs is 16. The van der Waals surface area contributed by atoms with Gasteiger partial charge in [0, 0.05) is 16.3 Å². The zero-order chi connectivity index (χ0) is 28.3. The molecule has 6 aromatic carbocycles. The van der Waals surface area contributed by atoms with Crippen molar-refractivity contribution in [1.29, 1.82) is 0 Å². The molecule has 3 nitrogen and oxygen atoms in total. The average molecular weight is 548 g/mol. The Kier molecular flexibility index (Phi) is 4.32. The standard InChI is InChI=1S/C40H25N3/c1-24-18-21-37-32(22-24)26-10-2-3-14-31(26)39-42-41-38(43(37)39)25-19-20-30-29-13-6-9-17-35(29)40(36(30)23-25)33-15-7-4-11-27(33)28-12-5-8-16-34(28)40/h2-23H,1H3. The van der Waals surface area contributed by atoms with Crippen molar-refractivity contribution in [3.63, 3.8) is 0 Å². The molecule has 0 atom stereocenters. The summed E-state index contributed by atoms with van der Waals surface area (Å²) in [6.45, 7) is 2.15. The normalized spacial score (nSPS) is 13.9. The zero-order valence-corrected chi connectivity index (χ0v) is 23.5. The summed E-state index contributed by atoms with van der Waals surface area (Å²) >= 11 is 0. The van der Waals surface area contributed by atoms with E-state index >= 15 is 0 Å². The van der Waals surface area contributed by atoms with Crippen LogP contribution < -0.4 is 0 Å². The maximum absolute atomic E-state index is 4.88. The van der Waals surface area contributed by atoms with Crippen LogP contribution in [0.3, 0.4) is 0 Å². The first-order valence-electron chi connectivity index (χ1n) is 14.9. The van der Waals surface area contributed by atoms with Crippen molar-refractivity contribution < 1.29 is 0 Å². The molecule has 43 heavy (non-hydrogen) atoms. The van der Waals surface area contributed by atoms with Gasteiger partial charge < -0.3 is 0 Å². The SMILES string of the molecule is Cc1ccc2c(c1)c1ccccc1c1nnc(-c3ccc4c(c3)C3(c5ccccc5-c5ccccc53)c3ccccc3-4)n21. The van der Waals surface area contributed by atoms with Crippen molar-refractivity contribution in [2.75, 3.05) is 0 Å². The van der Waals surface area contributed by atoms with Crippen LogP contribution >= 0.6 is 0 Å². The molecule has 0 radical (unpaired) electrons. The molecule has 2 heterocycles. The Hall–Kier alpha value is -5.54. The van der Waals surface area contributed by atoms with Crippen molar-refractivity contribution in [1.82, 2.24) is 14.6 Å². The van der Waals surface area contributed by atoms with Crippen molar-refractivity contribution in [3.8, 4) is 33.6 Å². The minimum absolute atomic E-state index is 0.387. The molecule has 0 aliphatic heterocycles. The molecule has 8 aromatic rings. The van der Waals surface area contributed by atoms with Crippen LogP contribution in [0.25, 0.3) is 61.0 Å². The fourth-order valence-corrected chi connectivity index (χ4v) is 8.08. The van der Waals surface area contributed by atoms with Gasteiger partial charge in [0.25, 0.3) is 0 Å². The Morgan fingerprint density at radius 3 is 1.74 bits per heavy atom. The minimum atomic E-state index is -0.387. The van der Waals surface area contributed by atoms with E-state index in [-0.39, 0.29) is 5.41 Å². The topological polar surface area (TPSA) is 30.2 Å². The Bertz CT molecular complexity index is 2420. The molecule has 3 heteroatoms. The van der Waals surface area contributed by atoms with E-state index < -0.39 is 0 Å². The van der Waals surface area contributed by atoms with Crippen LogP contribution in [0.1, 0.15) is 27.8 Å². The van der Waals surface area contributed by atoms with E-state index in [9.17, 15) is 0 Å². The number of rotatable bonds is 1. The second kappa shape index (κ2) is 8.05. The highest BCUT2D eigenvalue weighted by atomic mass is 15.2. The van der Waals surface area contributed by atoms with E-state index in [1.165, 1.54) is 60.8 Å². The molecule has 0 N–H and O–H groups in total. The molecule has 2 aromatic heterocycles. The summed E-state index contributed by atoms with van der Waals surface area (Å²) < 4.78 is 2.25. The highest BCUT2D eigenvalue weighted by Crippen LogP contribution is 2.62. The summed E-state index contributed by atoms with van der Waals surface area (Å²) in [4.78, 5) is 0. The highest BCUT2D eigenvalue weighted by molar-refractivity contribution is 6.12. The Balaban J connectivity index is 1.32. The number of hydrogen-bond acceptors (Lipinski definition) is 2. The second-order valence-corrected chi connectivity index (χ2v) is 11.9. The third kappa shape index (κ3) is 2.75. The lowest BCUT2D eigenvalue weighted by Gasteiger charge is -2.30. The van der Waals surface area contributed by atoms with Crippen molar-refractivity contribution in [3.05, 3.63) is 161 Å². The van der Waals surface area contributed by atoms with Gasteiger partial charge in [0.15, 0.2) is 11.5 Å². The Morgan fingerprint density at radius 1 is 0.488 bits per heavy atom. The minimum Gasteiger partial charge on any atom is -0.274 e. The first kappa shape index (κ1) is 23.1. The monoisotopic (exact) mass is 547 g/mol. The third-order valence-corrected chi connectivity index (χ3v) is 9.77. The number of hydrogen-bond donors (Lipinski definition) is 0. The van der Waals surface area contributed by atoms with E-state index in [1.54, 1.807) is 0 Å². The maximum Gasteiger partial charge on any atom is 0.169 e. The molecule has 200 valence electrons. The van der Waals surface area contributed by atoms with Gasteiger partial charge in [0.2, 0.25) is 0 Å². The summed E-state index contributed by atoms with van der Waals surface area (Å²) in [7, 11) is 0. The van der Waals surface area contributed by atoms with E-state index in [0.29, 0.717) is 0 Å². The fourth-order valence-electron chi connectivity index (χ4n) is 8.08. The van der Waals surface area contributed by atoms with Crippen molar-refractivity contribution in [2.45, 2.75) is 12.3 Å². The largest absolute Gasteiger partial charge is 0.274 e. The van der Waals surface area contributed by atoms with Crippen LogP contribution in [-0.2, 0) is 5.41 Å². The van der Waals surface area contributed by atoms with E-state index in [1.807, 2.05) is 0 Å². The number of pyridine rings is 1. The van der Waals surface area contributed by atoms with Gasteiger partial charge in [0.1, 0.15) is 0 Å². The molecule has 1 spiro atoms. The molecule has 2 aliphatic rings. The summed E-state index contributed by atoms with van der Waals surface area (Å²) in [6, 6.07) is 49.0. The van der Waals surface area contributed by atoms with Gasteiger partial charge >= 0.3 is 0 Å². The predicted molar refractivity (Wildman–Crippen MR) is 174 cm³/mol. The summed E-state index contributed by atoms with van der Waals surface area (Å²) in [5.41, 5.74) is 14.5. The van der Waals surface area contributed by atoms with Crippen LogP contribution in [-0.4, -0.2) is 14.6 Å². The Labute approximate surface area is 248 Å². The molecule has 0 amide bonds. The molecule has 0 bridgehead atoms. The molecule has 2 aliphatic carbocycles. The van der Waals surface area contributed by atoms with Gasteiger partial charge in [-0.25, -0.2) is 0 Å². The lowest BCUT2D eigenvalue weighted by molar-refractivity contribution is 0.794. The molecule has 10 rings (SSSR count). The summed E-state index contributed by atoms with van der Waals surface area (Å²) in [5, 5.41) is 13.2. The van der Waals surface area contributed by atoms with Gasteiger partial charge in [-0.05, 0) is 75.0 Å². The summed E-state index contributed by atoms with van der Waals surface area (Å²) in [6.07, 6.45) is 0. The second-order valence-electron chi connectivity index (χ2n) is 11.9. The molecular weight excluding hydrogens is 522 g/mol. The van der Waals surface area contributed by atoms with Gasteiger partial charge in [0.05, 0.1) is 10.9 Å². The summed E-state index contributed by atoms with van der Waals surface area (Å²) in [5.74, 6) is 0.864. The number of aryl methyl sites for hydroxylation is 1. The predicted octanol–water partition coefficient (Wildman–Crippen LogP) is 9.35. The lowest BCUT2D eigenvalue weighted by atomic mass is 9.70.